The average molecular weight is 633 g/mol. The molecule has 43 heavy (non-hydrogen) atoms. The first-order valence-electron chi connectivity index (χ1n) is 16.6. The van der Waals surface area contributed by atoms with Crippen LogP contribution < -0.4 is 0 Å². The number of hydrogen-bond donors (Lipinski definition) is 2. The van der Waals surface area contributed by atoms with E-state index in [9.17, 15) is 36.4 Å². The number of fused-ring (bicyclic) bond motifs is 6. The summed E-state index contributed by atoms with van der Waals surface area (Å²) in [6.07, 6.45) is 7.79. The molecule has 7 atom stereocenters. The minimum Gasteiger partial charge on any atom is -0.508 e. The molecule has 0 bridgehead atoms. The zero-order valence-corrected chi connectivity index (χ0v) is 26.3. The van der Waals surface area contributed by atoms with Gasteiger partial charge in [0.25, 0.3) is 0 Å². The van der Waals surface area contributed by atoms with Gasteiger partial charge in [0, 0.05) is 28.7 Å². The number of aliphatic hydroxyl groups is 1. The van der Waals surface area contributed by atoms with Gasteiger partial charge >= 0.3 is 12.1 Å². The molecule has 5 unspecified atom stereocenters. The maximum atomic E-state index is 13.0. The van der Waals surface area contributed by atoms with Crippen LogP contribution in [0.4, 0.5) is 22.0 Å². The molecule has 3 nitrogen and oxygen atoms in total. The Hall–Kier alpha value is -1.22. The van der Waals surface area contributed by atoms with Gasteiger partial charge in [0.15, 0.2) is 0 Å². The maximum absolute atomic E-state index is 13.0. The topological polar surface area (TPSA) is 57.5 Å². The highest BCUT2D eigenvalue weighted by Crippen LogP contribution is 2.76. The monoisotopic (exact) mass is 632 g/mol. The molecule has 0 aromatic heterocycles. The number of phenolic OH excluding ortho intramolecular Hbond substituents is 1. The second-order valence-electron chi connectivity index (χ2n) is 14.4. The van der Waals surface area contributed by atoms with E-state index < -0.39 is 41.8 Å². The van der Waals surface area contributed by atoms with Crippen molar-refractivity contribution < 1.29 is 36.4 Å². The lowest BCUT2D eigenvalue weighted by Crippen LogP contribution is -2.47. The Kier molecular flexibility index (Phi) is 9.93. The molecule has 4 aliphatic carbocycles. The zero-order valence-electron chi connectivity index (χ0n) is 25.4. The number of halogens is 5. The van der Waals surface area contributed by atoms with Gasteiger partial charge in [-0.1, -0.05) is 51.5 Å². The van der Waals surface area contributed by atoms with Gasteiger partial charge in [0.2, 0.25) is 0 Å². The maximum Gasteiger partial charge on any atom is 0.453 e. The van der Waals surface area contributed by atoms with Crippen LogP contribution >= 0.6 is 0 Å². The van der Waals surface area contributed by atoms with Gasteiger partial charge in [-0.3, -0.25) is 4.21 Å². The Balaban J connectivity index is 1.04. The first-order valence-corrected chi connectivity index (χ1v) is 18.1. The Morgan fingerprint density at radius 2 is 1.51 bits per heavy atom. The second-order valence-corrected chi connectivity index (χ2v) is 16.1. The van der Waals surface area contributed by atoms with E-state index in [1.165, 1.54) is 44.1 Å². The third kappa shape index (κ3) is 6.69. The predicted octanol–water partition coefficient (Wildman–Crippen LogP) is 9.59. The lowest BCUT2D eigenvalue weighted by molar-refractivity contribution is -0.284. The van der Waals surface area contributed by atoms with Gasteiger partial charge < -0.3 is 10.2 Å². The van der Waals surface area contributed by atoms with E-state index in [0.29, 0.717) is 40.8 Å². The van der Waals surface area contributed by atoms with Crippen LogP contribution in [0.5, 0.6) is 5.75 Å². The first kappa shape index (κ1) is 33.2. The number of hydrogen-bond acceptors (Lipinski definition) is 3. The second kappa shape index (κ2) is 12.9. The van der Waals surface area contributed by atoms with E-state index in [-0.39, 0.29) is 17.4 Å². The Labute approximate surface area is 255 Å². The van der Waals surface area contributed by atoms with E-state index in [1.807, 2.05) is 0 Å². The van der Waals surface area contributed by atoms with Crippen LogP contribution in [0.2, 0.25) is 0 Å². The summed E-state index contributed by atoms with van der Waals surface area (Å²) in [6, 6.07) is 5.64. The summed E-state index contributed by atoms with van der Waals surface area (Å²) in [5.41, 5.74) is 3.12. The van der Waals surface area contributed by atoms with Gasteiger partial charge in [0.05, 0.1) is 6.10 Å². The number of rotatable bonds is 14. The Morgan fingerprint density at radius 1 is 0.860 bits per heavy atom. The summed E-state index contributed by atoms with van der Waals surface area (Å²) < 4.78 is 74.7. The lowest BCUT2D eigenvalue weighted by Gasteiger charge is -2.55. The smallest absolute Gasteiger partial charge is 0.453 e. The highest BCUT2D eigenvalue weighted by Gasteiger charge is 2.67. The molecular weight excluding hydrogens is 583 g/mol. The fourth-order valence-corrected chi connectivity index (χ4v) is 10.7. The third-order valence-electron chi connectivity index (χ3n) is 12.1. The normalized spacial score (nSPS) is 31.8. The molecule has 3 saturated carbocycles. The van der Waals surface area contributed by atoms with Crippen LogP contribution in [0.15, 0.2) is 18.2 Å². The highest BCUT2D eigenvalue weighted by atomic mass is 32.2. The number of alkyl halides is 5. The van der Waals surface area contributed by atoms with Crippen molar-refractivity contribution in [3.8, 4) is 5.75 Å². The summed E-state index contributed by atoms with van der Waals surface area (Å²) >= 11 is 0. The lowest BCUT2D eigenvalue weighted by atomic mass is 9.50. The predicted molar refractivity (Wildman–Crippen MR) is 160 cm³/mol. The van der Waals surface area contributed by atoms with Crippen molar-refractivity contribution in [3.63, 3.8) is 0 Å². The SMILES string of the molecule is C[C@]12CCC3c4ccc(O)cc4[C@@H](O)C(CCCCCCCCCS(=O)CCCC(F)(F)C(F)(F)F)C3C1CCC21CC1. The molecule has 0 heterocycles. The fourth-order valence-electron chi connectivity index (χ4n) is 9.53. The average Bonchev–Trinajstić information content (AvgIpc) is 3.68. The number of phenols is 1. The fraction of sp³-hybridized carbons (Fsp3) is 0.824. The molecular formula is C34H49F5O3S. The van der Waals surface area contributed by atoms with E-state index >= 15 is 0 Å². The minimum absolute atomic E-state index is 0.119. The minimum atomic E-state index is -5.55. The number of aliphatic hydroxyl groups excluding tert-OH is 1. The summed E-state index contributed by atoms with van der Waals surface area (Å²) in [7, 11) is -1.37. The molecule has 1 spiro atoms. The largest absolute Gasteiger partial charge is 0.508 e. The van der Waals surface area contributed by atoms with Crippen LogP contribution in [-0.2, 0) is 10.8 Å². The van der Waals surface area contributed by atoms with Crippen LogP contribution in [0, 0.1) is 28.6 Å². The number of benzene rings is 1. The molecule has 1 aromatic rings. The van der Waals surface area contributed by atoms with E-state index in [2.05, 4.69) is 13.0 Å². The van der Waals surface area contributed by atoms with Crippen molar-refractivity contribution in [1.29, 1.82) is 0 Å². The van der Waals surface area contributed by atoms with Crippen molar-refractivity contribution in [1.82, 2.24) is 0 Å². The Morgan fingerprint density at radius 3 is 2.19 bits per heavy atom. The zero-order chi connectivity index (χ0) is 31.0. The van der Waals surface area contributed by atoms with E-state index in [4.69, 9.17) is 0 Å². The molecule has 0 saturated heterocycles. The summed E-state index contributed by atoms with van der Waals surface area (Å²) in [5, 5.41) is 21.9. The van der Waals surface area contributed by atoms with Gasteiger partial charge in [-0.15, -0.1) is 0 Å². The molecule has 9 heteroatoms. The van der Waals surface area contributed by atoms with Crippen LogP contribution in [0.25, 0.3) is 0 Å². The summed E-state index contributed by atoms with van der Waals surface area (Å²) in [5.74, 6) is -2.45. The summed E-state index contributed by atoms with van der Waals surface area (Å²) in [6.45, 7) is 2.55. The van der Waals surface area contributed by atoms with Crippen molar-refractivity contribution in [2.75, 3.05) is 11.5 Å². The highest BCUT2D eigenvalue weighted by molar-refractivity contribution is 7.84. The van der Waals surface area contributed by atoms with Crippen LogP contribution in [0.1, 0.15) is 133 Å². The number of unbranched alkanes of at least 4 members (excludes halogenated alkanes) is 6. The van der Waals surface area contributed by atoms with Crippen molar-refractivity contribution in [3.05, 3.63) is 29.3 Å². The van der Waals surface area contributed by atoms with Crippen molar-refractivity contribution in [2.45, 2.75) is 134 Å². The van der Waals surface area contributed by atoms with E-state index in [0.717, 1.165) is 50.5 Å². The van der Waals surface area contributed by atoms with Crippen molar-refractivity contribution in [2.24, 2.45) is 28.6 Å². The van der Waals surface area contributed by atoms with Gasteiger partial charge in [-0.25, -0.2) is 0 Å². The third-order valence-corrected chi connectivity index (χ3v) is 13.6. The molecule has 0 amide bonds. The molecule has 4 aliphatic rings. The molecule has 1 aromatic carbocycles. The van der Waals surface area contributed by atoms with Gasteiger partial charge in [-0.05, 0) is 116 Å². The molecule has 5 rings (SSSR count). The molecule has 0 radical (unpaired) electrons. The van der Waals surface area contributed by atoms with E-state index in [1.54, 1.807) is 12.1 Å². The van der Waals surface area contributed by atoms with Gasteiger partial charge in [0.1, 0.15) is 5.75 Å². The van der Waals surface area contributed by atoms with Crippen LogP contribution in [-0.4, -0.2) is 38.0 Å². The van der Waals surface area contributed by atoms with Crippen molar-refractivity contribution >= 4 is 10.8 Å². The quantitative estimate of drug-likeness (QED) is 0.159. The first-order chi connectivity index (χ1) is 20.3. The molecule has 2 N–H and O–H groups in total. The van der Waals surface area contributed by atoms with Gasteiger partial charge in [-0.2, -0.15) is 22.0 Å². The Bertz CT molecular complexity index is 1140. The molecule has 0 aliphatic heterocycles. The molecule has 244 valence electrons. The number of aromatic hydroxyl groups is 1. The summed E-state index contributed by atoms with van der Waals surface area (Å²) in [4.78, 5) is 0. The molecule has 3 fully saturated rings. The van der Waals surface area contributed by atoms with Crippen LogP contribution in [0.3, 0.4) is 0 Å². The standard InChI is InChI=1S/C34H49F5O3S/c1-31-16-13-25-24-12-11-23(40)22-27(24)30(41)26(29(25)28(31)14-17-32(31)18-19-32)10-7-5-3-2-4-6-8-20-43(42)21-9-15-33(35,36)34(37,38)39/h11-12,22,25-26,28-30,40-41H,2-10,13-21H2,1H3/t25?,26?,28?,29?,30-,31-,43?/m0/s1.